The van der Waals surface area contributed by atoms with Gasteiger partial charge in [0.1, 0.15) is 17.4 Å². The van der Waals surface area contributed by atoms with Crippen LogP contribution in [-0.4, -0.2) is 49.9 Å². The molecule has 0 saturated heterocycles. The molecule has 0 aliphatic rings. The van der Waals surface area contributed by atoms with E-state index in [1.54, 1.807) is 36.1 Å². The van der Waals surface area contributed by atoms with Gasteiger partial charge in [0.2, 0.25) is 5.91 Å². The van der Waals surface area contributed by atoms with E-state index in [0.717, 1.165) is 33.1 Å². The van der Waals surface area contributed by atoms with Gasteiger partial charge in [-0.05, 0) is 25.1 Å². The number of fused-ring (bicyclic) bond motifs is 3. The summed E-state index contributed by atoms with van der Waals surface area (Å²) in [4.78, 5) is 18.3. The molecule has 3 aromatic heterocycles. The van der Waals surface area contributed by atoms with Crippen LogP contribution in [0.5, 0.6) is 0 Å². The Kier molecular flexibility index (Phi) is 3.61. The minimum absolute atomic E-state index is 0.0322. The Hall–Kier alpha value is -3.42. The van der Waals surface area contributed by atoms with E-state index in [1.165, 1.54) is 0 Å². The van der Waals surface area contributed by atoms with Crippen LogP contribution < -0.4 is 5.73 Å². The number of rotatable bonds is 3. The van der Waals surface area contributed by atoms with Crippen LogP contribution in [0.2, 0.25) is 0 Å². The molecule has 3 N–H and O–H groups in total. The zero-order valence-electron chi connectivity index (χ0n) is 14.8. The van der Waals surface area contributed by atoms with Crippen molar-refractivity contribution in [3.8, 4) is 11.3 Å². The molecule has 0 saturated carbocycles. The lowest BCUT2D eigenvalue weighted by Gasteiger charge is -2.16. The van der Waals surface area contributed by atoms with Crippen molar-refractivity contribution in [1.82, 2.24) is 29.9 Å². The molecule has 8 nitrogen and oxygen atoms in total. The molecule has 132 valence electrons. The smallest absolute Gasteiger partial charge is 0.246 e. The number of pyridine rings is 1. The molecule has 1 aromatic carbocycles. The number of hydrogen-bond donors (Lipinski definition) is 2. The first-order chi connectivity index (χ1) is 12.5. The van der Waals surface area contributed by atoms with E-state index in [4.69, 9.17) is 5.73 Å². The van der Waals surface area contributed by atoms with Crippen LogP contribution in [0.1, 0.15) is 13.0 Å². The van der Waals surface area contributed by atoms with Crippen LogP contribution in [-0.2, 0) is 4.79 Å². The number of likely N-dealkylation sites (N-methyl/N-ethyl adjacent to an activating group) is 1. The Morgan fingerprint density at radius 3 is 2.77 bits per heavy atom. The van der Waals surface area contributed by atoms with Gasteiger partial charge in [-0.25, -0.2) is 4.98 Å². The lowest BCUT2D eigenvalue weighted by molar-refractivity contribution is -0.131. The number of H-pyrrole nitrogens is 1. The number of nitrogens with two attached hydrogens (primary N) is 1. The molecule has 0 bridgehead atoms. The lowest BCUT2D eigenvalue weighted by atomic mass is 10.1. The number of aromatic nitrogens is 5. The average Bonchev–Trinajstić information content (AvgIpc) is 3.30. The quantitative estimate of drug-likeness (QED) is 0.590. The molecule has 1 atom stereocenters. The highest BCUT2D eigenvalue weighted by Gasteiger charge is 2.20. The molecule has 3 heterocycles. The van der Waals surface area contributed by atoms with Gasteiger partial charge < -0.3 is 10.6 Å². The molecule has 0 aliphatic carbocycles. The normalized spacial score (nSPS) is 12.6. The van der Waals surface area contributed by atoms with E-state index in [-0.39, 0.29) is 5.91 Å². The van der Waals surface area contributed by atoms with Gasteiger partial charge in [-0.3, -0.25) is 14.6 Å². The van der Waals surface area contributed by atoms with Crippen molar-refractivity contribution in [2.75, 3.05) is 19.8 Å². The SMILES string of the molecule is CC(C(=O)N(C)C)n1cc2c(N)nc3cc(-c4ccn[nH]4)ccc3c2n1. The second-order valence-corrected chi connectivity index (χ2v) is 6.48. The highest BCUT2D eigenvalue weighted by atomic mass is 16.2. The first-order valence-corrected chi connectivity index (χ1v) is 8.24. The summed E-state index contributed by atoms with van der Waals surface area (Å²) in [5, 5.41) is 13.2. The Balaban J connectivity index is 1.88. The molecular formula is C18H19N7O. The van der Waals surface area contributed by atoms with E-state index < -0.39 is 6.04 Å². The molecule has 26 heavy (non-hydrogen) atoms. The standard InChI is InChI=1S/C18H19N7O/c1-10(18(26)24(2)3)25-9-13-16(23-25)12-5-4-11(14-6-7-20-22-14)8-15(12)21-17(13)19/h4-10H,1-3H3,(H2,19,21)(H,20,22). The first-order valence-electron chi connectivity index (χ1n) is 8.24. The summed E-state index contributed by atoms with van der Waals surface area (Å²) in [6.07, 6.45) is 3.49. The maximum atomic E-state index is 12.3. The van der Waals surface area contributed by atoms with Gasteiger partial charge in [0, 0.05) is 37.4 Å². The van der Waals surface area contributed by atoms with Crippen LogP contribution in [0.4, 0.5) is 5.82 Å². The van der Waals surface area contributed by atoms with Gasteiger partial charge in [0.15, 0.2) is 0 Å². The third kappa shape index (κ3) is 2.46. The summed E-state index contributed by atoms with van der Waals surface area (Å²) in [6.45, 7) is 1.82. The Labute approximate surface area is 149 Å². The summed E-state index contributed by atoms with van der Waals surface area (Å²) in [5.74, 6) is 0.361. The maximum absolute atomic E-state index is 12.3. The maximum Gasteiger partial charge on any atom is 0.246 e. The second kappa shape index (κ2) is 5.83. The number of aromatic amines is 1. The predicted molar refractivity (Wildman–Crippen MR) is 100 cm³/mol. The minimum atomic E-state index is -0.420. The van der Waals surface area contributed by atoms with Gasteiger partial charge in [-0.2, -0.15) is 10.2 Å². The zero-order chi connectivity index (χ0) is 18.4. The monoisotopic (exact) mass is 349 g/mol. The van der Waals surface area contributed by atoms with Gasteiger partial charge in [0.05, 0.1) is 16.6 Å². The Bertz CT molecular complexity index is 1110. The first kappa shape index (κ1) is 16.1. The topological polar surface area (TPSA) is 106 Å². The third-order valence-electron chi connectivity index (χ3n) is 4.51. The third-order valence-corrected chi connectivity index (χ3v) is 4.51. The molecule has 0 fully saturated rings. The van der Waals surface area contributed by atoms with Crippen molar-refractivity contribution < 1.29 is 4.79 Å². The van der Waals surface area contributed by atoms with Crippen LogP contribution in [0.15, 0.2) is 36.7 Å². The van der Waals surface area contributed by atoms with Crippen LogP contribution >= 0.6 is 0 Å². The molecule has 8 heteroatoms. The van der Waals surface area contributed by atoms with E-state index >= 15 is 0 Å². The average molecular weight is 349 g/mol. The minimum Gasteiger partial charge on any atom is -0.383 e. The highest BCUT2D eigenvalue weighted by molar-refractivity contribution is 6.08. The lowest BCUT2D eigenvalue weighted by Crippen LogP contribution is -2.30. The van der Waals surface area contributed by atoms with Crippen molar-refractivity contribution in [2.45, 2.75) is 13.0 Å². The van der Waals surface area contributed by atoms with Crippen molar-refractivity contribution >= 4 is 33.5 Å². The largest absolute Gasteiger partial charge is 0.383 e. The number of amides is 1. The number of carbonyl (C=O) groups excluding carboxylic acids is 1. The van der Waals surface area contributed by atoms with Gasteiger partial charge in [-0.15, -0.1) is 0 Å². The zero-order valence-corrected chi connectivity index (χ0v) is 14.8. The summed E-state index contributed by atoms with van der Waals surface area (Å²) in [7, 11) is 3.45. The number of anilines is 1. The number of carbonyl (C=O) groups is 1. The van der Waals surface area contributed by atoms with Crippen LogP contribution in [0.3, 0.4) is 0 Å². The van der Waals surface area contributed by atoms with Crippen molar-refractivity contribution in [3.05, 3.63) is 36.7 Å². The number of benzene rings is 1. The predicted octanol–water partition coefficient (Wildman–Crippen LogP) is 2.21. The molecular weight excluding hydrogens is 330 g/mol. The van der Waals surface area contributed by atoms with Crippen LogP contribution in [0, 0.1) is 0 Å². The van der Waals surface area contributed by atoms with Crippen molar-refractivity contribution in [3.63, 3.8) is 0 Å². The summed E-state index contributed by atoms with van der Waals surface area (Å²) in [6, 6.07) is 7.38. The van der Waals surface area contributed by atoms with E-state index in [1.807, 2.05) is 31.2 Å². The molecule has 0 aliphatic heterocycles. The molecule has 4 rings (SSSR count). The fraction of sp³-hybridized carbons (Fsp3) is 0.222. The van der Waals surface area contributed by atoms with E-state index in [2.05, 4.69) is 20.3 Å². The molecule has 0 spiro atoms. The highest BCUT2D eigenvalue weighted by Crippen LogP contribution is 2.30. The fourth-order valence-corrected chi connectivity index (χ4v) is 3.06. The molecule has 4 aromatic rings. The van der Waals surface area contributed by atoms with E-state index in [9.17, 15) is 4.79 Å². The number of hydrogen-bond acceptors (Lipinski definition) is 5. The number of nitrogens with one attached hydrogen (secondary N) is 1. The van der Waals surface area contributed by atoms with Gasteiger partial charge in [0.25, 0.3) is 0 Å². The fourth-order valence-electron chi connectivity index (χ4n) is 3.06. The number of nitrogen functional groups attached to an aromatic ring is 1. The Morgan fingerprint density at radius 2 is 2.08 bits per heavy atom. The van der Waals surface area contributed by atoms with Crippen molar-refractivity contribution in [2.24, 2.45) is 0 Å². The Morgan fingerprint density at radius 1 is 1.27 bits per heavy atom. The summed E-state index contributed by atoms with van der Waals surface area (Å²) < 4.78 is 1.65. The van der Waals surface area contributed by atoms with Gasteiger partial charge in [-0.1, -0.05) is 6.07 Å². The summed E-state index contributed by atoms with van der Waals surface area (Å²) >= 11 is 0. The number of nitrogens with zero attached hydrogens (tertiary/aromatic N) is 5. The summed E-state index contributed by atoms with van der Waals surface area (Å²) in [5.41, 5.74) is 9.52. The van der Waals surface area contributed by atoms with Crippen LogP contribution in [0.25, 0.3) is 33.1 Å². The van der Waals surface area contributed by atoms with E-state index in [0.29, 0.717) is 5.82 Å². The van der Waals surface area contributed by atoms with Gasteiger partial charge >= 0.3 is 0 Å². The van der Waals surface area contributed by atoms with Crippen molar-refractivity contribution in [1.29, 1.82) is 0 Å². The second-order valence-electron chi connectivity index (χ2n) is 6.48. The molecule has 1 unspecified atom stereocenters. The molecule has 1 amide bonds. The molecule has 0 radical (unpaired) electrons.